The molecule has 1 aromatic heterocycles. The SMILES string of the molecule is O=C(O)c1cc(C2CC2)nn1Br. The van der Waals surface area contributed by atoms with E-state index in [1.807, 2.05) is 0 Å². The molecule has 1 aliphatic carbocycles. The van der Waals surface area contributed by atoms with Crippen molar-refractivity contribution in [3.63, 3.8) is 0 Å². The van der Waals surface area contributed by atoms with E-state index in [2.05, 4.69) is 21.2 Å². The van der Waals surface area contributed by atoms with Gasteiger partial charge in [-0.25, -0.2) is 4.79 Å². The highest BCUT2D eigenvalue weighted by Crippen LogP contribution is 2.39. The second-order valence-electron chi connectivity index (χ2n) is 2.89. The van der Waals surface area contributed by atoms with E-state index >= 15 is 0 Å². The highest BCUT2D eigenvalue weighted by molar-refractivity contribution is 9.08. The fourth-order valence-electron chi connectivity index (χ4n) is 1.10. The van der Waals surface area contributed by atoms with Crippen LogP contribution in [0, 0.1) is 0 Å². The molecule has 4 nitrogen and oxygen atoms in total. The number of halogens is 1. The maximum absolute atomic E-state index is 10.6. The summed E-state index contributed by atoms with van der Waals surface area (Å²) < 4.78 is 1.24. The summed E-state index contributed by atoms with van der Waals surface area (Å²) in [6.07, 6.45) is 2.26. The van der Waals surface area contributed by atoms with E-state index < -0.39 is 5.97 Å². The lowest BCUT2D eigenvalue weighted by atomic mass is 10.3. The number of nitrogens with zero attached hydrogens (tertiary/aromatic N) is 2. The van der Waals surface area contributed by atoms with Crippen LogP contribution in [0.3, 0.4) is 0 Å². The van der Waals surface area contributed by atoms with Crippen molar-refractivity contribution in [1.82, 2.24) is 8.81 Å². The van der Waals surface area contributed by atoms with Gasteiger partial charge in [0.05, 0.1) is 21.8 Å². The Kier molecular flexibility index (Phi) is 1.68. The van der Waals surface area contributed by atoms with Gasteiger partial charge in [-0.05, 0) is 18.9 Å². The maximum Gasteiger partial charge on any atom is 0.355 e. The molecule has 5 heteroatoms. The monoisotopic (exact) mass is 230 g/mol. The smallest absolute Gasteiger partial charge is 0.355 e. The fourth-order valence-corrected chi connectivity index (χ4v) is 1.53. The third-order valence-electron chi connectivity index (χ3n) is 1.90. The van der Waals surface area contributed by atoms with Crippen LogP contribution in [-0.2, 0) is 0 Å². The first-order chi connectivity index (χ1) is 5.68. The molecule has 2 rings (SSSR count). The molecule has 0 aliphatic heterocycles. The Morgan fingerprint density at radius 3 is 2.83 bits per heavy atom. The van der Waals surface area contributed by atoms with Gasteiger partial charge >= 0.3 is 5.97 Å². The van der Waals surface area contributed by atoms with Crippen molar-refractivity contribution < 1.29 is 9.90 Å². The molecule has 1 aliphatic rings. The molecular weight excluding hydrogens is 224 g/mol. The van der Waals surface area contributed by atoms with Crippen LogP contribution in [0.2, 0.25) is 0 Å². The summed E-state index contributed by atoms with van der Waals surface area (Å²) in [5.74, 6) is -0.465. The highest BCUT2D eigenvalue weighted by atomic mass is 79.9. The Balaban J connectivity index is 2.36. The molecule has 0 atom stereocenters. The minimum atomic E-state index is -0.953. The molecule has 1 N–H and O–H groups in total. The zero-order valence-electron chi connectivity index (χ0n) is 6.20. The first-order valence-electron chi connectivity index (χ1n) is 3.68. The number of hydrogen-bond donors (Lipinski definition) is 1. The van der Waals surface area contributed by atoms with Crippen LogP contribution in [0.1, 0.15) is 34.9 Å². The largest absolute Gasteiger partial charge is 0.476 e. The summed E-state index contributed by atoms with van der Waals surface area (Å²) in [7, 11) is 0. The minimum Gasteiger partial charge on any atom is -0.476 e. The van der Waals surface area contributed by atoms with Crippen molar-refractivity contribution in [2.75, 3.05) is 0 Å². The van der Waals surface area contributed by atoms with Gasteiger partial charge in [-0.1, -0.05) is 0 Å². The van der Waals surface area contributed by atoms with Gasteiger partial charge in [-0.2, -0.15) is 8.81 Å². The second-order valence-corrected chi connectivity index (χ2v) is 3.57. The van der Waals surface area contributed by atoms with E-state index in [0.29, 0.717) is 5.92 Å². The molecule has 0 amide bonds. The molecule has 1 aromatic rings. The van der Waals surface area contributed by atoms with Gasteiger partial charge in [0.1, 0.15) is 0 Å². The molecule has 0 spiro atoms. The summed E-state index contributed by atoms with van der Waals surface area (Å²) in [4.78, 5) is 10.6. The molecule has 64 valence electrons. The van der Waals surface area contributed by atoms with E-state index in [4.69, 9.17) is 5.11 Å². The van der Waals surface area contributed by atoms with E-state index in [9.17, 15) is 4.79 Å². The van der Waals surface area contributed by atoms with Crippen molar-refractivity contribution in [2.45, 2.75) is 18.8 Å². The van der Waals surface area contributed by atoms with Gasteiger partial charge in [0.25, 0.3) is 0 Å². The predicted molar refractivity (Wildman–Crippen MR) is 45.5 cm³/mol. The molecule has 0 aromatic carbocycles. The van der Waals surface area contributed by atoms with Crippen molar-refractivity contribution >= 4 is 22.1 Å². The molecule has 0 radical (unpaired) electrons. The van der Waals surface area contributed by atoms with Crippen molar-refractivity contribution in [3.05, 3.63) is 17.5 Å². The zero-order valence-corrected chi connectivity index (χ0v) is 7.78. The molecule has 1 fully saturated rings. The Bertz CT molecular complexity index is 330. The lowest BCUT2D eigenvalue weighted by Gasteiger charge is -1.88. The number of aromatic carboxylic acids is 1. The van der Waals surface area contributed by atoms with Crippen LogP contribution < -0.4 is 0 Å². The average molecular weight is 231 g/mol. The first kappa shape index (κ1) is 7.79. The van der Waals surface area contributed by atoms with Gasteiger partial charge in [-0.3, -0.25) is 0 Å². The molecule has 0 bridgehead atoms. The topological polar surface area (TPSA) is 55.1 Å². The van der Waals surface area contributed by atoms with Gasteiger partial charge < -0.3 is 5.11 Å². The van der Waals surface area contributed by atoms with Gasteiger partial charge in [0.15, 0.2) is 5.69 Å². The number of hydrogen-bond acceptors (Lipinski definition) is 2. The van der Waals surface area contributed by atoms with E-state index in [1.54, 1.807) is 6.07 Å². The zero-order chi connectivity index (χ0) is 8.72. The van der Waals surface area contributed by atoms with E-state index in [1.165, 1.54) is 3.71 Å². The minimum absolute atomic E-state index is 0.192. The van der Waals surface area contributed by atoms with E-state index in [-0.39, 0.29) is 5.69 Å². The Labute approximate surface area is 77.5 Å². The summed E-state index contributed by atoms with van der Waals surface area (Å²) in [6, 6.07) is 1.62. The van der Waals surface area contributed by atoms with Gasteiger partial charge in [-0.15, -0.1) is 0 Å². The third kappa shape index (κ3) is 1.24. The van der Waals surface area contributed by atoms with Crippen LogP contribution in [0.25, 0.3) is 0 Å². The Hall–Kier alpha value is -0.840. The summed E-state index contributed by atoms with van der Waals surface area (Å²) in [6.45, 7) is 0. The Morgan fingerprint density at radius 2 is 2.42 bits per heavy atom. The fraction of sp³-hybridized carbons (Fsp3) is 0.429. The normalized spacial score (nSPS) is 16.4. The molecule has 0 saturated heterocycles. The average Bonchev–Trinajstić information content (AvgIpc) is 2.75. The molecule has 1 saturated carbocycles. The highest BCUT2D eigenvalue weighted by Gasteiger charge is 2.28. The number of carboxylic acids is 1. The molecule has 0 unspecified atom stereocenters. The van der Waals surface area contributed by atoms with Crippen LogP contribution in [0.15, 0.2) is 6.07 Å². The lowest BCUT2D eigenvalue weighted by molar-refractivity contribution is 0.0689. The van der Waals surface area contributed by atoms with Crippen LogP contribution in [0.5, 0.6) is 0 Å². The molecule has 1 heterocycles. The maximum atomic E-state index is 10.6. The van der Waals surface area contributed by atoms with Crippen LogP contribution in [-0.4, -0.2) is 19.9 Å². The standard InChI is InChI=1S/C7H7BrN2O2/c8-10-6(7(11)12)3-5(9-10)4-1-2-4/h3-4H,1-2H2,(H,11,12). The van der Waals surface area contributed by atoms with Crippen molar-refractivity contribution in [1.29, 1.82) is 0 Å². The number of carboxylic acid groups (broad SMARTS) is 1. The van der Waals surface area contributed by atoms with Gasteiger partial charge in [0, 0.05) is 5.92 Å². The lowest BCUT2D eigenvalue weighted by Crippen LogP contribution is -2.00. The number of aromatic nitrogens is 2. The van der Waals surface area contributed by atoms with Crippen LogP contribution in [0.4, 0.5) is 0 Å². The quantitative estimate of drug-likeness (QED) is 0.841. The number of carbonyl (C=O) groups is 1. The first-order valence-corrected chi connectivity index (χ1v) is 4.39. The number of rotatable bonds is 2. The summed E-state index contributed by atoms with van der Waals surface area (Å²) >= 11 is 3.04. The Morgan fingerprint density at radius 1 is 1.75 bits per heavy atom. The summed E-state index contributed by atoms with van der Waals surface area (Å²) in [5, 5.41) is 12.7. The third-order valence-corrected chi connectivity index (χ3v) is 2.44. The molecule has 12 heavy (non-hydrogen) atoms. The summed E-state index contributed by atoms with van der Waals surface area (Å²) in [5.41, 5.74) is 1.07. The van der Waals surface area contributed by atoms with Crippen LogP contribution >= 0.6 is 16.1 Å². The van der Waals surface area contributed by atoms with Crippen molar-refractivity contribution in [3.8, 4) is 0 Å². The second kappa shape index (κ2) is 2.58. The van der Waals surface area contributed by atoms with Gasteiger partial charge in [0.2, 0.25) is 0 Å². The molecular formula is C7H7BrN2O2. The van der Waals surface area contributed by atoms with Crippen molar-refractivity contribution in [2.24, 2.45) is 0 Å². The predicted octanol–water partition coefficient (Wildman–Crippen LogP) is 1.62. The van der Waals surface area contributed by atoms with E-state index in [0.717, 1.165) is 18.5 Å².